The third-order valence-electron chi connectivity index (χ3n) is 4.46. The Hall–Kier alpha value is -3.60. The Morgan fingerprint density at radius 1 is 0.800 bits per heavy atom. The van der Waals surface area contributed by atoms with Gasteiger partial charge in [0, 0.05) is 6.42 Å². The Kier molecular flexibility index (Phi) is 7.61. The number of carbonyl (C=O) groups excluding carboxylic acids is 2. The molecule has 0 spiro atoms. The lowest BCUT2D eigenvalue weighted by molar-refractivity contribution is -0.136. The highest BCUT2D eigenvalue weighted by Crippen LogP contribution is 2.16. The molecule has 3 rings (SSSR count). The van der Waals surface area contributed by atoms with Crippen LogP contribution in [0, 0.1) is 0 Å². The molecule has 0 aliphatic carbocycles. The smallest absolute Gasteiger partial charge is 0.349 e. The molecule has 0 aliphatic rings. The minimum atomic E-state index is -0.552. The highest BCUT2D eigenvalue weighted by atomic mass is 16.6. The van der Waals surface area contributed by atoms with Crippen molar-refractivity contribution in [3.8, 4) is 11.5 Å². The molecule has 0 aliphatic heterocycles. The van der Waals surface area contributed by atoms with Crippen LogP contribution in [0.3, 0.4) is 0 Å². The van der Waals surface area contributed by atoms with Gasteiger partial charge in [-0.1, -0.05) is 55.5 Å². The van der Waals surface area contributed by atoms with Gasteiger partial charge in [0.2, 0.25) is 0 Å². The molecular weight excluding hydrogens is 380 g/mol. The number of hydrogen-bond acceptors (Lipinski definition) is 5. The molecule has 0 fully saturated rings. The Labute approximate surface area is 176 Å². The fourth-order valence-electron chi connectivity index (χ4n) is 2.80. The van der Waals surface area contributed by atoms with Gasteiger partial charge in [0.15, 0.2) is 6.61 Å². The second kappa shape index (κ2) is 10.8. The van der Waals surface area contributed by atoms with Crippen molar-refractivity contribution in [2.45, 2.75) is 19.8 Å². The van der Waals surface area contributed by atoms with E-state index in [0.29, 0.717) is 17.7 Å². The van der Waals surface area contributed by atoms with Gasteiger partial charge in [-0.15, -0.1) is 0 Å². The van der Waals surface area contributed by atoms with E-state index in [1.54, 1.807) is 18.2 Å². The molecule has 0 N–H and O–H groups in total. The van der Waals surface area contributed by atoms with Crippen LogP contribution in [-0.2, 0) is 22.4 Å². The number of ether oxygens (including phenoxy) is 3. The molecule has 0 amide bonds. The second-order valence-corrected chi connectivity index (χ2v) is 6.66. The molecule has 0 atom stereocenters. The van der Waals surface area contributed by atoms with Crippen LogP contribution in [0.15, 0.2) is 78.9 Å². The van der Waals surface area contributed by atoms with Crippen molar-refractivity contribution in [3.05, 3.63) is 95.6 Å². The SMILES string of the molecule is CCc1ccc(OCC(=O)Oc2cccc(C(=O)OCCc3ccccc3)c2)cc1. The lowest BCUT2D eigenvalue weighted by atomic mass is 10.2. The van der Waals surface area contributed by atoms with E-state index in [1.165, 1.54) is 11.6 Å². The number of carbonyl (C=O) groups is 2. The average molecular weight is 404 g/mol. The zero-order valence-corrected chi connectivity index (χ0v) is 16.9. The van der Waals surface area contributed by atoms with E-state index in [0.717, 1.165) is 12.0 Å². The third-order valence-corrected chi connectivity index (χ3v) is 4.46. The van der Waals surface area contributed by atoms with Crippen LogP contribution in [0.25, 0.3) is 0 Å². The number of hydrogen-bond donors (Lipinski definition) is 0. The molecule has 154 valence electrons. The Morgan fingerprint density at radius 3 is 2.30 bits per heavy atom. The number of esters is 2. The van der Waals surface area contributed by atoms with Crippen molar-refractivity contribution >= 4 is 11.9 Å². The summed E-state index contributed by atoms with van der Waals surface area (Å²) in [5.74, 6) is -0.150. The summed E-state index contributed by atoms with van der Waals surface area (Å²) in [5, 5.41) is 0. The van der Waals surface area contributed by atoms with Gasteiger partial charge in [-0.3, -0.25) is 0 Å². The topological polar surface area (TPSA) is 61.8 Å². The molecule has 0 unspecified atom stereocenters. The van der Waals surface area contributed by atoms with Gasteiger partial charge in [-0.2, -0.15) is 0 Å². The van der Waals surface area contributed by atoms with Crippen LogP contribution in [0.4, 0.5) is 0 Å². The van der Waals surface area contributed by atoms with Crippen molar-refractivity contribution in [2.75, 3.05) is 13.2 Å². The molecule has 0 bridgehead atoms. The third kappa shape index (κ3) is 6.48. The zero-order chi connectivity index (χ0) is 21.2. The summed E-state index contributed by atoms with van der Waals surface area (Å²) in [6, 6.07) is 23.7. The van der Waals surface area contributed by atoms with E-state index in [9.17, 15) is 9.59 Å². The van der Waals surface area contributed by atoms with Gasteiger partial charge in [0.25, 0.3) is 0 Å². The van der Waals surface area contributed by atoms with Gasteiger partial charge in [-0.25, -0.2) is 9.59 Å². The highest BCUT2D eigenvalue weighted by molar-refractivity contribution is 5.90. The van der Waals surface area contributed by atoms with Crippen LogP contribution >= 0.6 is 0 Å². The molecule has 3 aromatic rings. The largest absolute Gasteiger partial charge is 0.482 e. The number of benzene rings is 3. The van der Waals surface area contributed by atoms with Gasteiger partial charge in [0.05, 0.1) is 12.2 Å². The van der Waals surface area contributed by atoms with E-state index in [-0.39, 0.29) is 19.0 Å². The predicted molar refractivity (Wildman–Crippen MR) is 114 cm³/mol. The number of aryl methyl sites for hydroxylation is 1. The molecule has 30 heavy (non-hydrogen) atoms. The average Bonchev–Trinajstić information content (AvgIpc) is 2.79. The summed E-state index contributed by atoms with van der Waals surface area (Å²) in [6.45, 7) is 2.12. The summed E-state index contributed by atoms with van der Waals surface area (Å²) in [6.07, 6.45) is 1.57. The van der Waals surface area contributed by atoms with Gasteiger partial charge in [-0.05, 0) is 47.9 Å². The monoisotopic (exact) mass is 404 g/mol. The second-order valence-electron chi connectivity index (χ2n) is 6.66. The van der Waals surface area contributed by atoms with E-state index in [4.69, 9.17) is 14.2 Å². The van der Waals surface area contributed by atoms with E-state index >= 15 is 0 Å². The first-order valence-electron chi connectivity index (χ1n) is 9.87. The molecule has 5 nitrogen and oxygen atoms in total. The minimum Gasteiger partial charge on any atom is -0.482 e. The lowest BCUT2D eigenvalue weighted by Crippen LogP contribution is -2.18. The highest BCUT2D eigenvalue weighted by Gasteiger charge is 2.11. The van der Waals surface area contributed by atoms with Gasteiger partial charge in [0.1, 0.15) is 11.5 Å². The van der Waals surface area contributed by atoms with Crippen molar-refractivity contribution in [1.29, 1.82) is 0 Å². The quantitative estimate of drug-likeness (QED) is 0.384. The van der Waals surface area contributed by atoms with Crippen molar-refractivity contribution in [1.82, 2.24) is 0 Å². The fraction of sp³-hybridized carbons (Fsp3) is 0.200. The molecule has 5 heteroatoms. The molecule has 0 aromatic heterocycles. The first-order valence-corrected chi connectivity index (χ1v) is 9.87. The molecular formula is C25H24O5. The Morgan fingerprint density at radius 2 is 1.57 bits per heavy atom. The molecule has 3 aromatic carbocycles. The van der Waals surface area contributed by atoms with Crippen LogP contribution in [-0.4, -0.2) is 25.2 Å². The van der Waals surface area contributed by atoms with Crippen LogP contribution in [0.1, 0.15) is 28.4 Å². The maximum absolute atomic E-state index is 12.2. The molecule has 0 heterocycles. The van der Waals surface area contributed by atoms with Gasteiger partial charge < -0.3 is 14.2 Å². The van der Waals surface area contributed by atoms with E-state index in [1.807, 2.05) is 54.6 Å². The minimum absolute atomic E-state index is 0.225. The van der Waals surface area contributed by atoms with E-state index < -0.39 is 11.9 Å². The Balaban J connectivity index is 1.47. The summed E-state index contributed by atoms with van der Waals surface area (Å²) < 4.78 is 16.0. The standard InChI is InChI=1S/C25H24O5/c1-2-19-11-13-22(14-12-19)29-18-24(26)30-23-10-6-9-21(17-23)25(27)28-16-15-20-7-4-3-5-8-20/h3-14,17H,2,15-16,18H2,1H3. The summed E-state index contributed by atoms with van der Waals surface area (Å²) >= 11 is 0. The maximum Gasteiger partial charge on any atom is 0.349 e. The number of rotatable bonds is 9. The molecule has 0 saturated carbocycles. The van der Waals surface area contributed by atoms with Crippen LogP contribution in [0.2, 0.25) is 0 Å². The fourth-order valence-corrected chi connectivity index (χ4v) is 2.80. The van der Waals surface area contributed by atoms with E-state index in [2.05, 4.69) is 6.92 Å². The first kappa shape index (κ1) is 21.1. The van der Waals surface area contributed by atoms with Crippen LogP contribution < -0.4 is 9.47 Å². The summed E-state index contributed by atoms with van der Waals surface area (Å²) in [5.41, 5.74) is 2.61. The maximum atomic E-state index is 12.2. The Bertz CT molecular complexity index is 964. The summed E-state index contributed by atoms with van der Waals surface area (Å²) in [4.78, 5) is 24.3. The molecule has 0 radical (unpaired) electrons. The van der Waals surface area contributed by atoms with Crippen molar-refractivity contribution < 1.29 is 23.8 Å². The molecule has 0 saturated heterocycles. The van der Waals surface area contributed by atoms with Gasteiger partial charge >= 0.3 is 11.9 Å². The lowest BCUT2D eigenvalue weighted by Gasteiger charge is -2.09. The van der Waals surface area contributed by atoms with Crippen LogP contribution in [0.5, 0.6) is 11.5 Å². The summed E-state index contributed by atoms with van der Waals surface area (Å²) in [7, 11) is 0. The normalized spacial score (nSPS) is 10.3. The van der Waals surface area contributed by atoms with Crippen molar-refractivity contribution in [3.63, 3.8) is 0 Å². The predicted octanol–water partition coefficient (Wildman–Crippen LogP) is 4.63. The van der Waals surface area contributed by atoms with Crippen molar-refractivity contribution in [2.24, 2.45) is 0 Å². The first-order chi connectivity index (χ1) is 14.6. The zero-order valence-electron chi connectivity index (χ0n) is 16.9.